The predicted octanol–water partition coefficient (Wildman–Crippen LogP) is 1.46. The number of hydrogen-bond donors (Lipinski definition) is 2. The molecule has 0 radical (unpaired) electrons. The van der Waals surface area contributed by atoms with E-state index in [1.54, 1.807) is 6.20 Å². The van der Waals surface area contributed by atoms with E-state index < -0.39 is 0 Å². The zero-order valence-electron chi connectivity index (χ0n) is 10.0. The third kappa shape index (κ3) is 3.88. The Hall–Kier alpha value is -1.58. The summed E-state index contributed by atoms with van der Waals surface area (Å²) in [6.45, 7) is 5.61. The lowest BCUT2D eigenvalue weighted by Gasteiger charge is -2.05. The molecule has 0 saturated heterocycles. The van der Waals surface area contributed by atoms with E-state index in [1.165, 1.54) is 5.56 Å². The van der Waals surface area contributed by atoms with Gasteiger partial charge in [-0.2, -0.15) is 0 Å². The summed E-state index contributed by atoms with van der Waals surface area (Å²) in [5.41, 5.74) is 7.95. The van der Waals surface area contributed by atoms with Crippen molar-refractivity contribution in [1.82, 2.24) is 10.3 Å². The maximum absolute atomic E-state index is 5.71. The van der Waals surface area contributed by atoms with E-state index in [2.05, 4.69) is 35.2 Å². The van der Waals surface area contributed by atoms with Crippen molar-refractivity contribution in [2.75, 3.05) is 6.54 Å². The molecule has 1 heterocycles. The maximum atomic E-state index is 5.71. The van der Waals surface area contributed by atoms with Gasteiger partial charge in [0, 0.05) is 12.7 Å². The summed E-state index contributed by atoms with van der Waals surface area (Å²) >= 11 is 0. The highest BCUT2D eigenvalue weighted by atomic mass is 15.1. The second-order valence-electron chi connectivity index (χ2n) is 3.59. The van der Waals surface area contributed by atoms with Gasteiger partial charge in [-0.3, -0.25) is 4.98 Å². The molecule has 0 saturated carbocycles. The molecule has 0 spiro atoms. The van der Waals surface area contributed by atoms with Crippen molar-refractivity contribution in [2.24, 2.45) is 10.7 Å². The van der Waals surface area contributed by atoms with Gasteiger partial charge >= 0.3 is 0 Å². The number of nitrogens with one attached hydrogen (secondary N) is 1. The highest BCUT2D eigenvalue weighted by molar-refractivity contribution is 5.77. The monoisotopic (exact) mass is 220 g/mol. The number of aliphatic imine (C=N–C) groups is 1. The molecule has 1 aromatic rings. The number of hydrogen-bond acceptors (Lipinski definition) is 2. The fraction of sp³-hybridized carbons (Fsp3) is 0.500. The molecule has 0 atom stereocenters. The number of nitrogens with two attached hydrogens (primary N) is 1. The number of pyridine rings is 1. The summed E-state index contributed by atoms with van der Waals surface area (Å²) < 4.78 is 0. The molecule has 0 aromatic carbocycles. The molecule has 4 nitrogen and oxygen atoms in total. The minimum atomic E-state index is 0.495. The minimum Gasteiger partial charge on any atom is -0.370 e. The number of aryl methyl sites for hydroxylation is 1. The van der Waals surface area contributed by atoms with Crippen LogP contribution in [0.15, 0.2) is 23.3 Å². The molecule has 0 unspecified atom stereocenters. The molecule has 0 bridgehead atoms. The molecule has 4 heteroatoms. The third-order valence-corrected chi connectivity index (χ3v) is 2.32. The number of nitrogens with zero attached hydrogens (tertiary/aromatic N) is 2. The molecule has 0 fully saturated rings. The molecule has 88 valence electrons. The van der Waals surface area contributed by atoms with E-state index in [0.717, 1.165) is 25.1 Å². The molecule has 3 N–H and O–H groups in total. The van der Waals surface area contributed by atoms with Crippen molar-refractivity contribution >= 4 is 5.96 Å². The van der Waals surface area contributed by atoms with Gasteiger partial charge in [-0.15, -0.1) is 0 Å². The van der Waals surface area contributed by atoms with Crippen LogP contribution in [0.3, 0.4) is 0 Å². The van der Waals surface area contributed by atoms with Crippen LogP contribution in [0.5, 0.6) is 0 Å². The number of aromatic nitrogens is 1. The maximum Gasteiger partial charge on any atom is 0.188 e. The van der Waals surface area contributed by atoms with E-state index in [0.29, 0.717) is 12.5 Å². The Morgan fingerprint density at radius 3 is 3.00 bits per heavy atom. The lowest BCUT2D eigenvalue weighted by atomic mass is 10.1. The first-order chi connectivity index (χ1) is 7.77. The van der Waals surface area contributed by atoms with E-state index in [4.69, 9.17) is 5.73 Å². The second kappa shape index (κ2) is 6.82. The Kier molecular flexibility index (Phi) is 5.32. The van der Waals surface area contributed by atoms with Gasteiger partial charge in [-0.1, -0.05) is 19.9 Å². The SMILES string of the molecule is CCCNC(N)=NCc1ncccc1CC. The lowest BCUT2D eigenvalue weighted by molar-refractivity contribution is 0.821. The van der Waals surface area contributed by atoms with Crippen molar-refractivity contribution in [3.8, 4) is 0 Å². The number of rotatable bonds is 5. The van der Waals surface area contributed by atoms with Crippen LogP contribution in [0, 0.1) is 0 Å². The molecule has 1 rings (SSSR count). The Balaban J connectivity index is 2.59. The Labute approximate surface area is 97.0 Å². The topological polar surface area (TPSA) is 63.3 Å². The standard InChI is InChI=1S/C12H20N4/c1-3-7-15-12(13)16-9-11-10(4-2)6-5-8-14-11/h5-6,8H,3-4,7,9H2,1-2H3,(H3,13,15,16). The molecular weight excluding hydrogens is 200 g/mol. The summed E-state index contributed by atoms with van der Waals surface area (Å²) in [6, 6.07) is 4.03. The Morgan fingerprint density at radius 2 is 2.31 bits per heavy atom. The molecule has 0 aliphatic carbocycles. The van der Waals surface area contributed by atoms with Gasteiger partial charge in [-0.25, -0.2) is 4.99 Å². The van der Waals surface area contributed by atoms with Crippen molar-refractivity contribution in [3.63, 3.8) is 0 Å². The summed E-state index contributed by atoms with van der Waals surface area (Å²) in [4.78, 5) is 8.57. The summed E-state index contributed by atoms with van der Waals surface area (Å²) in [7, 11) is 0. The molecule has 16 heavy (non-hydrogen) atoms. The fourth-order valence-electron chi connectivity index (χ4n) is 1.40. The Bertz CT molecular complexity index is 347. The smallest absolute Gasteiger partial charge is 0.188 e. The normalized spacial score (nSPS) is 11.5. The van der Waals surface area contributed by atoms with E-state index in [-0.39, 0.29) is 0 Å². The number of guanidine groups is 1. The summed E-state index contributed by atoms with van der Waals surface area (Å²) in [5.74, 6) is 0.495. The zero-order chi connectivity index (χ0) is 11.8. The van der Waals surface area contributed by atoms with Gasteiger partial charge in [0.15, 0.2) is 5.96 Å². The molecule has 0 amide bonds. The van der Waals surface area contributed by atoms with Crippen LogP contribution in [-0.2, 0) is 13.0 Å². The Morgan fingerprint density at radius 1 is 1.50 bits per heavy atom. The van der Waals surface area contributed by atoms with E-state index >= 15 is 0 Å². The van der Waals surface area contributed by atoms with Gasteiger partial charge < -0.3 is 11.1 Å². The zero-order valence-corrected chi connectivity index (χ0v) is 10.0. The van der Waals surface area contributed by atoms with Crippen molar-refractivity contribution in [3.05, 3.63) is 29.6 Å². The van der Waals surface area contributed by atoms with Crippen LogP contribution in [0.2, 0.25) is 0 Å². The highest BCUT2D eigenvalue weighted by Gasteiger charge is 2.00. The van der Waals surface area contributed by atoms with E-state index in [9.17, 15) is 0 Å². The highest BCUT2D eigenvalue weighted by Crippen LogP contribution is 2.06. The summed E-state index contributed by atoms with van der Waals surface area (Å²) in [5, 5.41) is 3.04. The minimum absolute atomic E-state index is 0.495. The van der Waals surface area contributed by atoms with Crippen molar-refractivity contribution < 1.29 is 0 Å². The lowest BCUT2D eigenvalue weighted by Crippen LogP contribution is -2.32. The van der Waals surface area contributed by atoms with Crippen molar-refractivity contribution in [1.29, 1.82) is 0 Å². The first-order valence-corrected chi connectivity index (χ1v) is 5.74. The first-order valence-electron chi connectivity index (χ1n) is 5.74. The predicted molar refractivity (Wildman–Crippen MR) is 67.2 cm³/mol. The molecule has 0 aliphatic rings. The van der Waals surface area contributed by atoms with Gasteiger partial charge in [0.2, 0.25) is 0 Å². The quantitative estimate of drug-likeness (QED) is 0.583. The largest absolute Gasteiger partial charge is 0.370 e. The third-order valence-electron chi connectivity index (χ3n) is 2.32. The van der Waals surface area contributed by atoms with Crippen LogP contribution in [0.4, 0.5) is 0 Å². The van der Waals surface area contributed by atoms with E-state index in [1.807, 2.05) is 6.07 Å². The van der Waals surface area contributed by atoms with Crippen LogP contribution >= 0.6 is 0 Å². The summed E-state index contributed by atoms with van der Waals surface area (Å²) in [6.07, 6.45) is 3.81. The van der Waals surface area contributed by atoms with Crippen LogP contribution in [-0.4, -0.2) is 17.5 Å². The molecule has 1 aromatic heterocycles. The molecular formula is C12H20N4. The second-order valence-corrected chi connectivity index (χ2v) is 3.59. The average molecular weight is 220 g/mol. The van der Waals surface area contributed by atoms with Gasteiger partial charge in [0.1, 0.15) is 0 Å². The van der Waals surface area contributed by atoms with Crippen LogP contribution < -0.4 is 11.1 Å². The van der Waals surface area contributed by atoms with Crippen LogP contribution in [0.25, 0.3) is 0 Å². The van der Waals surface area contributed by atoms with Crippen molar-refractivity contribution in [2.45, 2.75) is 33.2 Å². The van der Waals surface area contributed by atoms with Gasteiger partial charge in [0.25, 0.3) is 0 Å². The average Bonchev–Trinajstić information content (AvgIpc) is 2.34. The first kappa shape index (κ1) is 12.5. The van der Waals surface area contributed by atoms with Gasteiger partial charge in [0.05, 0.1) is 12.2 Å². The fourth-order valence-corrected chi connectivity index (χ4v) is 1.40. The molecule has 0 aliphatic heterocycles. The van der Waals surface area contributed by atoms with Crippen LogP contribution in [0.1, 0.15) is 31.5 Å². The van der Waals surface area contributed by atoms with Gasteiger partial charge in [-0.05, 0) is 24.5 Å².